The Morgan fingerprint density at radius 3 is 2.57 bits per heavy atom. The molecule has 2 rings (SSSR count). The van der Waals surface area contributed by atoms with E-state index in [1.807, 2.05) is 48.0 Å². The number of benzene rings is 1. The summed E-state index contributed by atoms with van der Waals surface area (Å²) in [5.41, 5.74) is 2.38. The van der Waals surface area contributed by atoms with E-state index in [4.69, 9.17) is 5.11 Å². The summed E-state index contributed by atoms with van der Waals surface area (Å²) >= 11 is 0. The van der Waals surface area contributed by atoms with Gasteiger partial charge in [0.2, 0.25) is 0 Å². The normalized spacial score (nSPS) is 12.4. The summed E-state index contributed by atoms with van der Waals surface area (Å²) in [5.74, 6) is 0.327. The zero-order chi connectivity index (χ0) is 16.8. The summed E-state index contributed by atoms with van der Waals surface area (Å²) in [7, 11) is 0. The number of nitrogens with one attached hydrogen (secondary N) is 1. The smallest absolute Gasteiger partial charge is 0.271 e. The fourth-order valence-electron chi connectivity index (χ4n) is 2.37. The van der Waals surface area contributed by atoms with Gasteiger partial charge in [-0.25, -0.2) is 4.68 Å². The fraction of sp³-hybridized carbons (Fsp3) is 0.444. The maximum absolute atomic E-state index is 12.3. The standard InChI is InChI=1S/C18H25N3O2/c1-13(2)17-11-16(18(23)19-12-14(3)9-10-22)20-21(17)15-7-5-4-6-8-15/h4-8,11,13-14,22H,9-10,12H2,1-3H3,(H,19,23). The van der Waals surface area contributed by atoms with Gasteiger partial charge in [0.15, 0.2) is 5.69 Å². The number of carbonyl (C=O) groups excluding carboxylic acids is 1. The van der Waals surface area contributed by atoms with E-state index in [0.717, 1.165) is 11.4 Å². The molecule has 0 radical (unpaired) electrons. The molecule has 0 saturated heterocycles. The van der Waals surface area contributed by atoms with Crippen LogP contribution in [0.2, 0.25) is 0 Å². The van der Waals surface area contributed by atoms with Gasteiger partial charge in [-0.2, -0.15) is 5.10 Å². The quantitative estimate of drug-likeness (QED) is 0.825. The lowest BCUT2D eigenvalue weighted by Crippen LogP contribution is -2.29. The molecule has 5 nitrogen and oxygen atoms in total. The Morgan fingerprint density at radius 1 is 1.26 bits per heavy atom. The van der Waals surface area contributed by atoms with Crippen LogP contribution in [0.1, 0.15) is 49.3 Å². The van der Waals surface area contributed by atoms with Crippen molar-refractivity contribution in [3.63, 3.8) is 0 Å². The largest absolute Gasteiger partial charge is 0.396 e. The van der Waals surface area contributed by atoms with E-state index in [2.05, 4.69) is 24.3 Å². The van der Waals surface area contributed by atoms with Gasteiger partial charge in [-0.05, 0) is 36.5 Å². The summed E-state index contributed by atoms with van der Waals surface area (Å²) in [6.45, 7) is 6.84. The lowest BCUT2D eigenvalue weighted by atomic mass is 10.1. The van der Waals surface area contributed by atoms with Gasteiger partial charge in [-0.1, -0.05) is 39.0 Å². The Balaban J connectivity index is 2.19. The molecule has 124 valence electrons. The Kier molecular flexibility index (Phi) is 5.93. The highest BCUT2D eigenvalue weighted by Crippen LogP contribution is 2.20. The van der Waals surface area contributed by atoms with Crippen molar-refractivity contribution in [3.05, 3.63) is 47.8 Å². The van der Waals surface area contributed by atoms with Crippen LogP contribution in [0.4, 0.5) is 0 Å². The summed E-state index contributed by atoms with van der Waals surface area (Å²) in [5, 5.41) is 16.3. The summed E-state index contributed by atoms with van der Waals surface area (Å²) in [6.07, 6.45) is 0.677. The predicted octanol–water partition coefficient (Wildman–Crippen LogP) is 2.74. The van der Waals surface area contributed by atoms with E-state index in [-0.39, 0.29) is 24.3 Å². The number of amides is 1. The molecule has 23 heavy (non-hydrogen) atoms. The van der Waals surface area contributed by atoms with Gasteiger partial charge in [0.25, 0.3) is 5.91 Å². The van der Waals surface area contributed by atoms with E-state index < -0.39 is 0 Å². The van der Waals surface area contributed by atoms with Crippen LogP contribution >= 0.6 is 0 Å². The van der Waals surface area contributed by atoms with Crippen molar-refractivity contribution >= 4 is 5.91 Å². The Labute approximate surface area is 137 Å². The third-order valence-corrected chi connectivity index (χ3v) is 3.79. The number of para-hydroxylation sites is 1. The van der Waals surface area contributed by atoms with Gasteiger partial charge in [0, 0.05) is 18.8 Å². The van der Waals surface area contributed by atoms with Gasteiger partial charge < -0.3 is 10.4 Å². The monoisotopic (exact) mass is 315 g/mol. The first-order chi connectivity index (χ1) is 11.0. The third-order valence-electron chi connectivity index (χ3n) is 3.79. The van der Waals surface area contributed by atoms with Crippen LogP contribution in [0.15, 0.2) is 36.4 Å². The molecule has 1 aromatic carbocycles. The minimum absolute atomic E-state index is 0.136. The van der Waals surface area contributed by atoms with Crippen molar-refractivity contribution in [2.75, 3.05) is 13.2 Å². The minimum atomic E-state index is -0.175. The number of hydrogen-bond donors (Lipinski definition) is 2. The molecule has 0 fully saturated rings. The number of carbonyl (C=O) groups is 1. The van der Waals surface area contributed by atoms with Gasteiger partial charge in [-0.15, -0.1) is 0 Å². The fourth-order valence-corrected chi connectivity index (χ4v) is 2.37. The van der Waals surface area contributed by atoms with E-state index in [0.29, 0.717) is 18.7 Å². The maximum Gasteiger partial charge on any atom is 0.271 e. The summed E-state index contributed by atoms with van der Waals surface area (Å²) < 4.78 is 1.83. The minimum Gasteiger partial charge on any atom is -0.396 e. The van der Waals surface area contributed by atoms with Crippen molar-refractivity contribution in [2.24, 2.45) is 5.92 Å². The van der Waals surface area contributed by atoms with Crippen molar-refractivity contribution in [2.45, 2.75) is 33.1 Å². The Morgan fingerprint density at radius 2 is 1.96 bits per heavy atom. The van der Waals surface area contributed by atoms with E-state index in [1.165, 1.54) is 0 Å². The molecule has 1 atom stereocenters. The lowest BCUT2D eigenvalue weighted by molar-refractivity contribution is 0.0940. The lowest BCUT2D eigenvalue weighted by Gasteiger charge is -2.10. The Hall–Kier alpha value is -2.14. The van der Waals surface area contributed by atoms with E-state index >= 15 is 0 Å². The van der Waals surface area contributed by atoms with E-state index in [9.17, 15) is 4.79 Å². The molecule has 2 aromatic rings. The first-order valence-corrected chi connectivity index (χ1v) is 8.07. The van der Waals surface area contributed by atoms with Gasteiger partial charge in [0.1, 0.15) is 0 Å². The Bertz CT molecular complexity index is 635. The number of aliphatic hydroxyl groups is 1. The molecule has 2 N–H and O–H groups in total. The molecule has 0 saturated carbocycles. The molecule has 1 amide bonds. The van der Waals surface area contributed by atoms with Crippen LogP contribution in [0.3, 0.4) is 0 Å². The molecule has 1 unspecified atom stereocenters. The summed E-state index contributed by atoms with van der Waals surface area (Å²) in [4.78, 5) is 12.3. The molecular weight excluding hydrogens is 290 g/mol. The number of hydrogen-bond acceptors (Lipinski definition) is 3. The molecule has 0 bridgehead atoms. The topological polar surface area (TPSA) is 67.2 Å². The first kappa shape index (κ1) is 17.2. The molecule has 0 aliphatic carbocycles. The molecule has 0 spiro atoms. The second kappa shape index (κ2) is 7.92. The first-order valence-electron chi connectivity index (χ1n) is 8.07. The maximum atomic E-state index is 12.3. The van der Waals surface area contributed by atoms with Crippen LogP contribution < -0.4 is 5.32 Å². The number of aromatic nitrogens is 2. The highest BCUT2D eigenvalue weighted by atomic mass is 16.3. The van der Waals surface area contributed by atoms with Crippen LogP contribution in [-0.4, -0.2) is 33.9 Å². The van der Waals surface area contributed by atoms with Crippen LogP contribution in [0.5, 0.6) is 0 Å². The van der Waals surface area contributed by atoms with Crippen molar-refractivity contribution in [3.8, 4) is 5.69 Å². The summed E-state index contributed by atoms with van der Waals surface area (Å²) in [6, 6.07) is 11.7. The zero-order valence-electron chi connectivity index (χ0n) is 14.0. The average molecular weight is 315 g/mol. The number of rotatable bonds is 7. The molecule has 1 heterocycles. The highest BCUT2D eigenvalue weighted by molar-refractivity contribution is 5.92. The van der Waals surface area contributed by atoms with Crippen molar-refractivity contribution in [1.82, 2.24) is 15.1 Å². The van der Waals surface area contributed by atoms with Gasteiger partial charge in [-0.3, -0.25) is 4.79 Å². The highest BCUT2D eigenvalue weighted by Gasteiger charge is 2.17. The van der Waals surface area contributed by atoms with E-state index in [1.54, 1.807) is 0 Å². The number of aliphatic hydroxyl groups excluding tert-OH is 1. The predicted molar refractivity (Wildman–Crippen MR) is 90.9 cm³/mol. The van der Waals surface area contributed by atoms with Crippen LogP contribution in [0.25, 0.3) is 5.69 Å². The second-order valence-corrected chi connectivity index (χ2v) is 6.18. The molecule has 0 aliphatic rings. The SMILES string of the molecule is CC(CCO)CNC(=O)c1cc(C(C)C)n(-c2ccccc2)n1. The van der Waals surface area contributed by atoms with Crippen LogP contribution in [0, 0.1) is 5.92 Å². The van der Waals surface area contributed by atoms with Crippen molar-refractivity contribution < 1.29 is 9.90 Å². The average Bonchev–Trinajstić information content (AvgIpc) is 2.99. The van der Waals surface area contributed by atoms with Gasteiger partial charge >= 0.3 is 0 Å². The van der Waals surface area contributed by atoms with Crippen molar-refractivity contribution in [1.29, 1.82) is 0 Å². The molecule has 5 heteroatoms. The third kappa shape index (κ3) is 4.42. The second-order valence-electron chi connectivity index (χ2n) is 6.18. The molecule has 0 aliphatic heterocycles. The zero-order valence-corrected chi connectivity index (χ0v) is 14.0. The number of nitrogens with zero attached hydrogens (tertiary/aromatic N) is 2. The molecule has 1 aromatic heterocycles. The van der Waals surface area contributed by atoms with Crippen LogP contribution in [-0.2, 0) is 0 Å². The van der Waals surface area contributed by atoms with Gasteiger partial charge in [0.05, 0.1) is 5.69 Å². The molecular formula is C18H25N3O2.